The Bertz CT molecular complexity index is 604. The van der Waals surface area contributed by atoms with Crippen LogP contribution in [0.3, 0.4) is 0 Å². The lowest BCUT2D eigenvalue weighted by atomic mass is 10.0. The van der Waals surface area contributed by atoms with E-state index in [2.05, 4.69) is 15.9 Å². The number of ether oxygens (including phenoxy) is 1. The average molecular weight is 346 g/mol. The Kier molecular flexibility index (Phi) is 4.45. The standard InChI is InChI=1S/C14H11BrClFO2/c1-19-13-5-3-9(7-11(13)16)14(18)8-2-4-12(17)10(15)6-8/h2-7,14,18H,1H3. The summed E-state index contributed by atoms with van der Waals surface area (Å²) in [5, 5.41) is 10.7. The highest BCUT2D eigenvalue weighted by Crippen LogP contribution is 2.31. The molecule has 0 amide bonds. The first kappa shape index (κ1) is 14.3. The van der Waals surface area contributed by atoms with E-state index >= 15 is 0 Å². The molecule has 5 heteroatoms. The largest absolute Gasteiger partial charge is 0.495 e. The smallest absolute Gasteiger partial charge is 0.137 e. The van der Waals surface area contributed by atoms with Crippen molar-refractivity contribution in [1.82, 2.24) is 0 Å². The van der Waals surface area contributed by atoms with E-state index in [4.69, 9.17) is 16.3 Å². The Labute approximate surface area is 123 Å². The first-order valence-electron chi connectivity index (χ1n) is 5.49. The van der Waals surface area contributed by atoms with E-state index in [-0.39, 0.29) is 5.82 Å². The molecule has 0 heterocycles. The van der Waals surface area contributed by atoms with Gasteiger partial charge >= 0.3 is 0 Å². The predicted octanol–water partition coefficient (Wildman–Crippen LogP) is 4.33. The zero-order chi connectivity index (χ0) is 14.0. The number of hydrogen-bond donors (Lipinski definition) is 1. The topological polar surface area (TPSA) is 29.5 Å². The zero-order valence-electron chi connectivity index (χ0n) is 10.0. The van der Waals surface area contributed by atoms with Gasteiger partial charge < -0.3 is 9.84 Å². The monoisotopic (exact) mass is 344 g/mol. The number of aliphatic hydroxyl groups is 1. The maximum Gasteiger partial charge on any atom is 0.137 e. The van der Waals surface area contributed by atoms with Crippen molar-refractivity contribution in [2.24, 2.45) is 0 Å². The lowest BCUT2D eigenvalue weighted by molar-refractivity contribution is 0.220. The summed E-state index contributed by atoms with van der Waals surface area (Å²) >= 11 is 9.10. The summed E-state index contributed by atoms with van der Waals surface area (Å²) in [4.78, 5) is 0. The Morgan fingerprint density at radius 3 is 2.42 bits per heavy atom. The molecule has 0 aliphatic rings. The maximum atomic E-state index is 13.2. The van der Waals surface area contributed by atoms with Crippen LogP contribution in [-0.4, -0.2) is 12.2 Å². The minimum Gasteiger partial charge on any atom is -0.495 e. The van der Waals surface area contributed by atoms with Crippen LogP contribution in [0.25, 0.3) is 0 Å². The fraction of sp³-hybridized carbons (Fsp3) is 0.143. The number of rotatable bonds is 3. The van der Waals surface area contributed by atoms with Gasteiger partial charge in [-0.05, 0) is 51.3 Å². The maximum absolute atomic E-state index is 13.2. The first-order chi connectivity index (χ1) is 9.02. The van der Waals surface area contributed by atoms with Gasteiger partial charge in [0.2, 0.25) is 0 Å². The van der Waals surface area contributed by atoms with E-state index in [1.165, 1.54) is 25.3 Å². The Hall–Kier alpha value is -1.10. The number of benzene rings is 2. The molecule has 0 aliphatic heterocycles. The third kappa shape index (κ3) is 3.08. The zero-order valence-corrected chi connectivity index (χ0v) is 12.4. The van der Waals surface area contributed by atoms with Gasteiger partial charge in [-0.15, -0.1) is 0 Å². The predicted molar refractivity (Wildman–Crippen MR) is 76.2 cm³/mol. The number of hydrogen-bond acceptors (Lipinski definition) is 2. The second kappa shape index (κ2) is 5.90. The Balaban J connectivity index is 2.35. The molecule has 0 bridgehead atoms. The molecule has 0 saturated carbocycles. The molecule has 0 saturated heterocycles. The van der Waals surface area contributed by atoms with E-state index in [0.717, 1.165) is 0 Å². The quantitative estimate of drug-likeness (QED) is 0.897. The summed E-state index contributed by atoms with van der Waals surface area (Å²) in [6.07, 6.45) is -0.875. The van der Waals surface area contributed by atoms with Crippen LogP contribution in [0, 0.1) is 5.82 Å². The molecule has 0 aliphatic carbocycles. The van der Waals surface area contributed by atoms with E-state index in [0.29, 0.717) is 26.4 Å². The Morgan fingerprint density at radius 1 is 1.21 bits per heavy atom. The average Bonchev–Trinajstić information content (AvgIpc) is 2.41. The van der Waals surface area contributed by atoms with Crippen molar-refractivity contribution in [1.29, 1.82) is 0 Å². The van der Waals surface area contributed by atoms with Gasteiger partial charge in [0, 0.05) is 0 Å². The minimum atomic E-state index is -0.875. The van der Waals surface area contributed by atoms with Crippen molar-refractivity contribution < 1.29 is 14.2 Å². The molecule has 0 fully saturated rings. The van der Waals surface area contributed by atoms with Gasteiger partial charge in [0.1, 0.15) is 17.7 Å². The van der Waals surface area contributed by atoms with Crippen LogP contribution in [0.5, 0.6) is 5.75 Å². The van der Waals surface area contributed by atoms with E-state index < -0.39 is 6.10 Å². The molecular formula is C14H11BrClFO2. The van der Waals surface area contributed by atoms with Crippen LogP contribution >= 0.6 is 27.5 Å². The fourth-order valence-corrected chi connectivity index (χ4v) is 2.39. The molecular weight excluding hydrogens is 335 g/mol. The lowest BCUT2D eigenvalue weighted by Crippen LogP contribution is -2.00. The molecule has 1 unspecified atom stereocenters. The molecule has 2 aromatic rings. The van der Waals surface area contributed by atoms with Crippen molar-refractivity contribution in [3.05, 3.63) is 62.8 Å². The molecule has 1 N–H and O–H groups in total. The van der Waals surface area contributed by atoms with Gasteiger partial charge in [-0.25, -0.2) is 4.39 Å². The van der Waals surface area contributed by atoms with Crippen LogP contribution in [0.4, 0.5) is 4.39 Å². The van der Waals surface area contributed by atoms with E-state index in [1.807, 2.05) is 0 Å². The highest BCUT2D eigenvalue weighted by atomic mass is 79.9. The SMILES string of the molecule is COc1ccc(C(O)c2ccc(F)c(Br)c2)cc1Cl. The third-order valence-electron chi connectivity index (χ3n) is 2.75. The summed E-state index contributed by atoms with van der Waals surface area (Å²) < 4.78 is 18.5. The van der Waals surface area contributed by atoms with Gasteiger partial charge in [-0.3, -0.25) is 0 Å². The summed E-state index contributed by atoms with van der Waals surface area (Å²) in [7, 11) is 1.52. The molecule has 1 atom stereocenters. The molecule has 0 spiro atoms. The van der Waals surface area contributed by atoms with Crippen molar-refractivity contribution in [3.8, 4) is 5.75 Å². The number of halogens is 3. The van der Waals surface area contributed by atoms with Crippen molar-refractivity contribution in [2.75, 3.05) is 7.11 Å². The van der Waals surface area contributed by atoms with Gasteiger partial charge in [0.25, 0.3) is 0 Å². The van der Waals surface area contributed by atoms with Crippen molar-refractivity contribution in [2.45, 2.75) is 6.10 Å². The van der Waals surface area contributed by atoms with Crippen LogP contribution in [0.2, 0.25) is 5.02 Å². The molecule has 2 nitrogen and oxygen atoms in total. The number of aliphatic hydroxyl groups excluding tert-OH is 1. The Morgan fingerprint density at radius 2 is 1.84 bits per heavy atom. The summed E-state index contributed by atoms with van der Waals surface area (Å²) in [5.74, 6) is 0.168. The first-order valence-corrected chi connectivity index (χ1v) is 6.66. The molecule has 100 valence electrons. The molecule has 19 heavy (non-hydrogen) atoms. The fourth-order valence-electron chi connectivity index (χ4n) is 1.73. The highest BCUT2D eigenvalue weighted by Gasteiger charge is 2.14. The second-order valence-electron chi connectivity index (χ2n) is 3.97. The van der Waals surface area contributed by atoms with Crippen LogP contribution < -0.4 is 4.74 Å². The number of methoxy groups -OCH3 is 1. The van der Waals surface area contributed by atoms with Crippen molar-refractivity contribution in [3.63, 3.8) is 0 Å². The molecule has 0 radical (unpaired) electrons. The summed E-state index contributed by atoms with van der Waals surface area (Å²) in [5.41, 5.74) is 1.19. The van der Waals surface area contributed by atoms with Crippen LogP contribution in [0.1, 0.15) is 17.2 Å². The van der Waals surface area contributed by atoms with Gasteiger partial charge in [-0.1, -0.05) is 23.7 Å². The van der Waals surface area contributed by atoms with Gasteiger partial charge in [-0.2, -0.15) is 0 Å². The van der Waals surface area contributed by atoms with E-state index in [9.17, 15) is 9.50 Å². The molecule has 0 aromatic heterocycles. The van der Waals surface area contributed by atoms with Gasteiger partial charge in [0.05, 0.1) is 16.6 Å². The van der Waals surface area contributed by atoms with Crippen LogP contribution in [-0.2, 0) is 0 Å². The van der Waals surface area contributed by atoms with Gasteiger partial charge in [0.15, 0.2) is 0 Å². The van der Waals surface area contributed by atoms with E-state index in [1.54, 1.807) is 18.2 Å². The summed E-state index contributed by atoms with van der Waals surface area (Å²) in [6.45, 7) is 0. The van der Waals surface area contributed by atoms with Crippen molar-refractivity contribution >= 4 is 27.5 Å². The highest BCUT2D eigenvalue weighted by molar-refractivity contribution is 9.10. The minimum absolute atomic E-state index is 0.309. The second-order valence-corrected chi connectivity index (χ2v) is 5.23. The normalized spacial score (nSPS) is 12.3. The molecule has 2 aromatic carbocycles. The summed E-state index contributed by atoms with van der Waals surface area (Å²) in [6, 6.07) is 9.39. The molecule has 2 rings (SSSR count). The van der Waals surface area contributed by atoms with Crippen LogP contribution in [0.15, 0.2) is 40.9 Å². The third-order valence-corrected chi connectivity index (χ3v) is 3.65. The lowest BCUT2D eigenvalue weighted by Gasteiger charge is -2.13.